The Morgan fingerprint density at radius 1 is 1.10 bits per heavy atom. The van der Waals surface area contributed by atoms with Crippen LogP contribution in [-0.4, -0.2) is 16.2 Å². The van der Waals surface area contributed by atoms with E-state index in [1.165, 1.54) is 18.0 Å². The average Bonchev–Trinajstić information content (AvgIpc) is 2.96. The molecule has 21 heavy (non-hydrogen) atoms. The van der Waals surface area contributed by atoms with Crippen LogP contribution in [0.4, 0.5) is 0 Å². The minimum atomic E-state index is -1.06. The fourth-order valence-electron chi connectivity index (χ4n) is 2.17. The van der Waals surface area contributed by atoms with E-state index in [0.717, 1.165) is 15.7 Å². The summed E-state index contributed by atoms with van der Waals surface area (Å²) < 4.78 is 4.97. The van der Waals surface area contributed by atoms with Gasteiger partial charge < -0.3 is 14.6 Å². The van der Waals surface area contributed by atoms with Gasteiger partial charge in [0.05, 0.1) is 6.26 Å². The molecule has 0 radical (unpaired) electrons. The van der Waals surface area contributed by atoms with Crippen LogP contribution < -0.4 is 0 Å². The summed E-state index contributed by atoms with van der Waals surface area (Å²) in [5.41, 5.74) is 0.643. The van der Waals surface area contributed by atoms with E-state index in [4.69, 9.17) is 9.52 Å². The van der Waals surface area contributed by atoms with Crippen LogP contribution >= 0.6 is 11.8 Å². The molecule has 0 saturated carbocycles. The number of aromatic carboxylic acids is 1. The van der Waals surface area contributed by atoms with Gasteiger partial charge >= 0.3 is 5.97 Å². The molecule has 0 amide bonds. The number of furan rings is 1. The Balaban J connectivity index is 1.91. The fourth-order valence-corrected chi connectivity index (χ4v) is 3.21. The predicted octanol–water partition coefficient (Wildman–Crippen LogP) is 4.13. The first kappa shape index (κ1) is 13.6. The van der Waals surface area contributed by atoms with E-state index >= 15 is 0 Å². The zero-order chi connectivity index (χ0) is 14.8. The van der Waals surface area contributed by atoms with E-state index in [0.29, 0.717) is 11.3 Å². The second-order valence-electron chi connectivity index (χ2n) is 4.50. The van der Waals surface area contributed by atoms with Crippen molar-refractivity contribution in [2.24, 2.45) is 0 Å². The maximum Gasteiger partial charge on any atom is 0.372 e. The molecule has 0 unspecified atom stereocenters. The number of hydrogen-bond acceptors (Lipinski definition) is 4. The molecule has 0 bridgehead atoms. The third-order valence-corrected chi connectivity index (χ3v) is 4.31. The maximum absolute atomic E-state index is 11.0. The number of thioether (sulfide) groups is 1. The topological polar surface area (TPSA) is 70.7 Å². The normalized spacial score (nSPS) is 10.9. The van der Waals surface area contributed by atoms with Gasteiger partial charge in [0.1, 0.15) is 5.75 Å². The highest BCUT2D eigenvalue weighted by atomic mass is 32.2. The van der Waals surface area contributed by atoms with Crippen molar-refractivity contribution in [3.63, 3.8) is 0 Å². The minimum Gasteiger partial charge on any atom is -0.507 e. The lowest BCUT2D eigenvalue weighted by atomic mass is 10.1. The summed E-state index contributed by atoms with van der Waals surface area (Å²) in [4.78, 5) is 12.0. The molecule has 0 aliphatic carbocycles. The zero-order valence-corrected chi connectivity index (χ0v) is 11.8. The van der Waals surface area contributed by atoms with Crippen LogP contribution in [0.3, 0.4) is 0 Å². The van der Waals surface area contributed by atoms with Crippen molar-refractivity contribution < 1.29 is 19.4 Å². The first-order chi connectivity index (χ1) is 10.2. The lowest BCUT2D eigenvalue weighted by Gasteiger charge is -2.07. The van der Waals surface area contributed by atoms with Crippen LogP contribution in [0.15, 0.2) is 58.0 Å². The molecule has 0 fully saturated rings. The SMILES string of the molecule is O=C(O)c1occc1CSc1ccc(O)c2ccccc12. The quantitative estimate of drug-likeness (QED) is 0.709. The second-order valence-corrected chi connectivity index (χ2v) is 5.51. The highest BCUT2D eigenvalue weighted by Crippen LogP contribution is 2.35. The van der Waals surface area contributed by atoms with Crippen LogP contribution in [0, 0.1) is 0 Å². The van der Waals surface area contributed by atoms with Crippen LogP contribution in [0.25, 0.3) is 10.8 Å². The molecule has 0 aliphatic heterocycles. The number of benzene rings is 2. The third kappa shape index (κ3) is 2.60. The van der Waals surface area contributed by atoms with Crippen LogP contribution in [0.5, 0.6) is 5.75 Å². The number of rotatable bonds is 4. The molecule has 3 rings (SSSR count). The Morgan fingerprint density at radius 3 is 2.62 bits per heavy atom. The zero-order valence-electron chi connectivity index (χ0n) is 10.9. The second kappa shape index (κ2) is 5.54. The van der Waals surface area contributed by atoms with Crippen molar-refractivity contribution in [3.05, 3.63) is 60.1 Å². The first-order valence-electron chi connectivity index (χ1n) is 6.30. The van der Waals surface area contributed by atoms with Crippen LogP contribution in [0.1, 0.15) is 16.1 Å². The van der Waals surface area contributed by atoms with Gasteiger partial charge in [-0.15, -0.1) is 11.8 Å². The van der Waals surface area contributed by atoms with E-state index in [2.05, 4.69) is 0 Å². The lowest BCUT2D eigenvalue weighted by Crippen LogP contribution is -1.97. The molecule has 3 aromatic rings. The highest BCUT2D eigenvalue weighted by molar-refractivity contribution is 7.98. The maximum atomic E-state index is 11.0. The highest BCUT2D eigenvalue weighted by Gasteiger charge is 2.14. The largest absolute Gasteiger partial charge is 0.507 e. The summed E-state index contributed by atoms with van der Waals surface area (Å²) in [7, 11) is 0. The standard InChI is InChI=1S/C16H12O4S/c17-13-5-6-14(12-4-2-1-3-11(12)13)21-9-10-7-8-20-15(10)16(18)19/h1-8,17H,9H2,(H,18,19). The Morgan fingerprint density at radius 2 is 1.86 bits per heavy atom. The molecule has 5 heteroatoms. The molecule has 106 valence electrons. The average molecular weight is 300 g/mol. The molecule has 1 heterocycles. The number of carbonyl (C=O) groups is 1. The number of aromatic hydroxyl groups is 1. The van der Waals surface area contributed by atoms with Crippen molar-refractivity contribution in [2.45, 2.75) is 10.6 Å². The van der Waals surface area contributed by atoms with Gasteiger partial charge in [-0.25, -0.2) is 4.79 Å². The molecular formula is C16H12O4S. The number of phenolic OH excluding ortho intramolecular Hbond substituents is 1. The molecule has 0 saturated heterocycles. The van der Waals surface area contributed by atoms with Gasteiger partial charge in [-0.05, 0) is 23.6 Å². The number of fused-ring (bicyclic) bond motifs is 1. The van der Waals surface area contributed by atoms with E-state index in [1.807, 2.05) is 30.3 Å². The fraction of sp³-hybridized carbons (Fsp3) is 0.0625. The van der Waals surface area contributed by atoms with Gasteiger partial charge in [0, 0.05) is 21.6 Å². The predicted molar refractivity (Wildman–Crippen MR) is 80.8 cm³/mol. The Labute approximate surface area is 125 Å². The number of carboxylic acids is 1. The molecule has 0 atom stereocenters. The summed E-state index contributed by atoms with van der Waals surface area (Å²) in [6, 6.07) is 12.7. The third-order valence-electron chi connectivity index (χ3n) is 3.19. The van der Waals surface area contributed by atoms with E-state index in [9.17, 15) is 9.90 Å². The summed E-state index contributed by atoms with van der Waals surface area (Å²) in [6.07, 6.45) is 1.38. The van der Waals surface area contributed by atoms with Crippen molar-refractivity contribution >= 4 is 28.5 Å². The van der Waals surface area contributed by atoms with Crippen molar-refractivity contribution in [1.29, 1.82) is 0 Å². The summed E-state index contributed by atoms with van der Waals surface area (Å²) in [5, 5.41) is 20.6. The van der Waals surface area contributed by atoms with Gasteiger partial charge in [0.15, 0.2) is 0 Å². The summed E-state index contributed by atoms with van der Waals surface area (Å²) >= 11 is 1.51. The number of hydrogen-bond donors (Lipinski definition) is 2. The summed E-state index contributed by atoms with van der Waals surface area (Å²) in [6.45, 7) is 0. The van der Waals surface area contributed by atoms with E-state index in [1.54, 1.807) is 12.1 Å². The molecule has 4 nitrogen and oxygen atoms in total. The lowest BCUT2D eigenvalue weighted by molar-refractivity contribution is 0.0661. The van der Waals surface area contributed by atoms with Crippen molar-refractivity contribution in [2.75, 3.05) is 0 Å². The van der Waals surface area contributed by atoms with Crippen LogP contribution in [0.2, 0.25) is 0 Å². The van der Waals surface area contributed by atoms with Crippen molar-refractivity contribution in [1.82, 2.24) is 0 Å². The molecule has 0 spiro atoms. The van der Waals surface area contributed by atoms with Gasteiger partial charge in [-0.2, -0.15) is 0 Å². The molecule has 0 aliphatic rings. The van der Waals surface area contributed by atoms with Crippen molar-refractivity contribution in [3.8, 4) is 5.75 Å². The van der Waals surface area contributed by atoms with Gasteiger partial charge in [-0.3, -0.25) is 0 Å². The molecular weight excluding hydrogens is 288 g/mol. The first-order valence-corrected chi connectivity index (χ1v) is 7.28. The Bertz CT molecular complexity index is 807. The van der Waals surface area contributed by atoms with E-state index < -0.39 is 5.97 Å². The monoisotopic (exact) mass is 300 g/mol. The molecule has 1 aromatic heterocycles. The number of carboxylic acid groups (broad SMARTS) is 1. The minimum absolute atomic E-state index is 0.0226. The van der Waals surface area contributed by atoms with Gasteiger partial charge in [0.2, 0.25) is 5.76 Å². The Kier molecular flexibility index (Phi) is 3.58. The smallest absolute Gasteiger partial charge is 0.372 e. The van der Waals surface area contributed by atoms with E-state index in [-0.39, 0.29) is 11.5 Å². The van der Waals surface area contributed by atoms with Gasteiger partial charge in [0.25, 0.3) is 0 Å². The molecule has 2 N–H and O–H groups in total. The Hall–Kier alpha value is -2.40. The number of phenols is 1. The molecule has 2 aromatic carbocycles. The van der Waals surface area contributed by atoms with Crippen LogP contribution in [-0.2, 0) is 5.75 Å². The van der Waals surface area contributed by atoms with Gasteiger partial charge in [-0.1, -0.05) is 24.3 Å². The summed E-state index contributed by atoms with van der Waals surface area (Å²) in [5.74, 6) is -0.353.